The van der Waals surface area contributed by atoms with Crippen molar-refractivity contribution < 1.29 is 14.3 Å². The van der Waals surface area contributed by atoms with Gasteiger partial charge in [-0.15, -0.1) is 0 Å². The van der Waals surface area contributed by atoms with E-state index in [1.165, 1.54) is 18.4 Å². The quantitative estimate of drug-likeness (QED) is 0.538. The highest BCUT2D eigenvalue weighted by Crippen LogP contribution is 2.31. The molecule has 0 amide bonds. The maximum Gasteiger partial charge on any atom is 0.338 e. The van der Waals surface area contributed by atoms with Gasteiger partial charge in [-0.3, -0.25) is 9.36 Å². The number of carbonyl (C=O) groups excluding carboxylic acids is 1. The number of fused-ring (bicyclic) bond motifs is 1. The average Bonchev–Trinajstić information content (AvgIpc) is 3.12. The van der Waals surface area contributed by atoms with Crippen LogP contribution in [0, 0.1) is 0 Å². The van der Waals surface area contributed by atoms with Crippen LogP contribution in [-0.2, 0) is 9.53 Å². The van der Waals surface area contributed by atoms with Crippen molar-refractivity contribution in [1.82, 2.24) is 4.57 Å². The van der Waals surface area contributed by atoms with Crippen molar-refractivity contribution in [2.24, 2.45) is 4.99 Å². The first-order valence-corrected chi connectivity index (χ1v) is 11.2. The highest BCUT2D eigenvalue weighted by atomic mass is 35.5. The van der Waals surface area contributed by atoms with Gasteiger partial charge >= 0.3 is 5.97 Å². The summed E-state index contributed by atoms with van der Waals surface area (Å²) in [5.74, 6) is 0.106. The van der Waals surface area contributed by atoms with Crippen molar-refractivity contribution >= 4 is 35.0 Å². The van der Waals surface area contributed by atoms with Crippen molar-refractivity contribution in [2.75, 3.05) is 14.2 Å². The molecule has 4 rings (SSSR count). The zero-order valence-electron chi connectivity index (χ0n) is 17.8. The monoisotopic (exact) mass is 468 g/mol. The SMILES string of the molecule is CCC1=C(C(=O)OC)[C@@H](c2ccccc2)n2c(s/c(=C/c3cc(Cl)ccc3OC)c2=O)=N1. The Morgan fingerprint density at radius 1 is 1.22 bits per heavy atom. The molecular formula is C24H21ClN2O4S. The van der Waals surface area contributed by atoms with Crippen LogP contribution < -0.4 is 19.6 Å². The van der Waals surface area contributed by atoms with Crippen molar-refractivity contribution in [2.45, 2.75) is 19.4 Å². The van der Waals surface area contributed by atoms with Crippen molar-refractivity contribution in [3.63, 3.8) is 0 Å². The molecule has 0 saturated carbocycles. The highest BCUT2D eigenvalue weighted by molar-refractivity contribution is 7.07. The molecule has 1 aliphatic heterocycles. The summed E-state index contributed by atoms with van der Waals surface area (Å²) >= 11 is 7.42. The van der Waals surface area contributed by atoms with E-state index in [0.717, 1.165) is 5.56 Å². The van der Waals surface area contributed by atoms with Gasteiger partial charge in [0.15, 0.2) is 4.80 Å². The van der Waals surface area contributed by atoms with Crippen LogP contribution in [0.25, 0.3) is 6.08 Å². The number of ether oxygens (including phenoxy) is 2. The Bertz CT molecular complexity index is 1390. The van der Waals surface area contributed by atoms with Gasteiger partial charge in [-0.2, -0.15) is 0 Å². The molecule has 3 aromatic rings. The highest BCUT2D eigenvalue weighted by Gasteiger charge is 2.33. The maximum absolute atomic E-state index is 13.6. The van der Waals surface area contributed by atoms with Crippen LogP contribution in [0.4, 0.5) is 0 Å². The smallest absolute Gasteiger partial charge is 0.338 e. The molecule has 0 spiro atoms. The van der Waals surface area contributed by atoms with Crippen LogP contribution in [0.2, 0.25) is 5.02 Å². The first-order valence-electron chi connectivity index (χ1n) is 10.00. The lowest BCUT2D eigenvalue weighted by molar-refractivity contribution is -0.136. The molecule has 0 saturated heterocycles. The Hall–Kier alpha value is -3.16. The summed E-state index contributed by atoms with van der Waals surface area (Å²) in [5, 5.41) is 0.535. The number of benzene rings is 2. The minimum absolute atomic E-state index is 0.249. The fourth-order valence-corrected chi connectivity index (χ4v) is 4.97. The number of carbonyl (C=O) groups is 1. The predicted octanol–water partition coefficient (Wildman–Crippen LogP) is 3.46. The standard InChI is InChI=1S/C24H21ClN2O4S/c1-4-17-20(23(29)31-3)21(14-8-6-5-7-9-14)27-22(28)19(32-24(27)26-17)13-15-12-16(25)10-11-18(15)30-2/h5-13,21H,4H2,1-3H3/b19-13+/t21-/m1/s1. The number of allylic oxidation sites excluding steroid dienone is 1. The van der Waals surface area contributed by atoms with Crippen molar-refractivity contribution in [1.29, 1.82) is 0 Å². The Morgan fingerprint density at radius 3 is 2.62 bits per heavy atom. The summed E-state index contributed by atoms with van der Waals surface area (Å²) in [6.45, 7) is 1.93. The molecule has 0 aliphatic carbocycles. The Labute approximate surface area is 193 Å². The Morgan fingerprint density at radius 2 is 1.97 bits per heavy atom. The van der Waals surface area contributed by atoms with Crippen molar-refractivity contribution in [3.8, 4) is 5.75 Å². The van der Waals surface area contributed by atoms with Crippen LogP contribution in [0.15, 0.2) is 69.6 Å². The van der Waals surface area contributed by atoms with E-state index >= 15 is 0 Å². The third-order valence-corrected chi connectivity index (χ3v) is 6.46. The van der Waals surface area contributed by atoms with E-state index in [4.69, 9.17) is 21.1 Å². The largest absolute Gasteiger partial charge is 0.496 e. The zero-order chi connectivity index (χ0) is 22.8. The molecule has 0 radical (unpaired) electrons. The molecule has 6 nitrogen and oxygen atoms in total. The normalized spacial score (nSPS) is 15.9. The summed E-state index contributed by atoms with van der Waals surface area (Å²) in [6.07, 6.45) is 2.27. The third kappa shape index (κ3) is 3.89. The molecule has 2 heterocycles. The minimum Gasteiger partial charge on any atom is -0.496 e. The van der Waals surface area contributed by atoms with Gasteiger partial charge in [-0.1, -0.05) is 60.2 Å². The topological polar surface area (TPSA) is 69.9 Å². The lowest BCUT2D eigenvalue weighted by Gasteiger charge is -2.25. The lowest BCUT2D eigenvalue weighted by Crippen LogP contribution is -2.40. The number of aromatic nitrogens is 1. The average molecular weight is 469 g/mol. The number of hydrogen-bond acceptors (Lipinski definition) is 6. The zero-order valence-corrected chi connectivity index (χ0v) is 19.4. The van der Waals surface area contributed by atoms with Crippen LogP contribution >= 0.6 is 22.9 Å². The van der Waals surface area contributed by atoms with Gasteiger partial charge in [0.05, 0.1) is 36.1 Å². The third-order valence-electron chi connectivity index (χ3n) is 5.24. The molecule has 32 heavy (non-hydrogen) atoms. The molecule has 0 N–H and O–H groups in total. The number of esters is 1. The van der Waals surface area contributed by atoms with E-state index < -0.39 is 12.0 Å². The predicted molar refractivity (Wildman–Crippen MR) is 125 cm³/mol. The molecule has 164 valence electrons. The lowest BCUT2D eigenvalue weighted by atomic mass is 9.95. The first-order chi connectivity index (χ1) is 15.5. The second kappa shape index (κ2) is 9.14. The minimum atomic E-state index is -0.627. The van der Waals surface area contributed by atoms with Gasteiger partial charge in [-0.05, 0) is 36.3 Å². The number of hydrogen-bond donors (Lipinski definition) is 0. The molecular weight excluding hydrogens is 448 g/mol. The van der Waals surface area contributed by atoms with E-state index in [9.17, 15) is 9.59 Å². The summed E-state index contributed by atoms with van der Waals surface area (Å²) < 4.78 is 12.5. The van der Waals surface area contributed by atoms with Crippen LogP contribution in [0.3, 0.4) is 0 Å². The Kier molecular flexibility index (Phi) is 6.30. The fraction of sp³-hybridized carbons (Fsp3) is 0.208. The number of rotatable bonds is 5. The molecule has 8 heteroatoms. The van der Waals surface area contributed by atoms with Gasteiger partial charge in [0, 0.05) is 10.6 Å². The number of thiazole rings is 1. The van der Waals surface area contributed by atoms with Crippen LogP contribution in [0.1, 0.15) is 30.5 Å². The van der Waals surface area contributed by atoms with Crippen LogP contribution in [-0.4, -0.2) is 24.8 Å². The summed E-state index contributed by atoms with van der Waals surface area (Å²) in [4.78, 5) is 31.5. The molecule has 1 aromatic heterocycles. The van der Waals surface area contributed by atoms with Crippen molar-refractivity contribution in [3.05, 3.63) is 95.6 Å². The summed E-state index contributed by atoms with van der Waals surface area (Å²) in [5.41, 5.74) is 2.23. The van der Waals surface area contributed by atoms with E-state index in [1.807, 2.05) is 37.3 Å². The van der Waals surface area contributed by atoms with E-state index in [-0.39, 0.29) is 5.56 Å². The van der Waals surface area contributed by atoms with Crippen LogP contribution in [0.5, 0.6) is 5.75 Å². The van der Waals surface area contributed by atoms with Gasteiger partial charge < -0.3 is 9.47 Å². The summed E-state index contributed by atoms with van der Waals surface area (Å²) in [6, 6.07) is 14.0. The second-order valence-corrected chi connectivity index (χ2v) is 8.53. The first kappa shape index (κ1) is 22.0. The second-order valence-electron chi connectivity index (χ2n) is 7.09. The molecule has 1 atom stereocenters. The molecule has 2 aromatic carbocycles. The van der Waals surface area contributed by atoms with Gasteiger partial charge in [0.2, 0.25) is 0 Å². The molecule has 0 fully saturated rings. The number of nitrogens with zero attached hydrogens (tertiary/aromatic N) is 2. The Balaban J connectivity index is 2.01. The summed E-state index contributed by atoms with van der Waals surface area (Å²) in [7, 11) is 2.90. The fourth-order valence-electron chi connectivity index (χ4n) is 3.77. The maximum atomic E-state index is 13.6. The van der Waals surface area contributed by atoms with E-state index in [2.05, 4.69) is 4.99 Å². The number of halogens is 1. The van der Waals surface area contributed by atoms with E-state index in [0.29, 0.717) is 43.4 Å². The molecule has 1 aliphatic rings. The van der Waals surface area contributed by atoms with Gasteiger partial charge in [0.25, 0.3) is 5.56 Å². The van der Waals surface area contributed by atoms with Gasteiger partial charge in [-0.25, -0.2) is 9.79 Å². The molecule has 0 unspecified atom stereocenters. The molecule has 0 bridgehead atoms. The van der Waals surface area contributed by atoms with Gasteiger partial charge in [0.1, 0.15) is 5.75 Å². The van der Waals surface area contributed by atoms with E-state index in [1.54, 1.807) is 36.0 Å². The number of methoxy groups -OCH3 is 2.